The third-order valence-corrected chi connectivity index (χ3v) is 2.84. The van der Waals surface area contributed by atoms with Crippen LogP contribution in [0.3, 0.4) is 0 Å². The van der Waals surface area contributed by atoms with E-state index in [4.69, 9.17) is 11.6 Å². The van der Waals surface area contributed by atoms with Gasteiger partial charge in [-0.25, -0.2) is 4.39 Å². The topological polar surface area (TPSA) is 32.3 Å². The van der Waals surface area contributed by atoms with Crippen molar-refractivity contribution in [3.05, 3.63) is 34.6 Å². The lowest BCUT2D eigenvalue weighted by Crippen LogP contribution is -2.30. The lowest BCUT2D eigenvalue weighted by molar-refractivity contribution is 0.123. The molecule has 0 spiro atoms. The molecule has 1 aromatic rings. The van der Waals surface area contributed by atoms with Crippen LogP contribution in [0.1, 0.15) is 19.4 Å². The van der Waals surface area contributed by atoms with E-state index in [0.717, 1.165) is 0 Å². The molecule has 0 heterocycles. The fourth-order valence-corrected chi connectivity index (χ4v) is 1.51. The van der Waals surface area contributed by atoms with Crippen LogP contribution in [-0.2, 0) is 6.54 Å². The molecule has 0 radical (unpaired) electrons. The molecule has 0 bridgehead atoms. The fourth-order valence-electron chi connectivity index (χ4n) is 1.28. The number of benzene rings is 1. The zero-order valence-corrected chi connectivity index (χ0v) is 10.3. The maximum atomic E-state index is 13.3. The lowest BCUT2D eigenvalue weighted by Gasteiger charge is -2.15. The molecular formula is C12H17ClFNO. The number of halogens is 2. The molecule has 0 aliphatic carbocycles. The number of aliphatic hydroxyl groups is 1. The van der Waals surface area contributed by atoms with Crippen LogP contribution in [-0.4, -0.2) is 17.8 Å². The number of aliphatic hydroxyl groups excluding tert-OH is 1. The Kier molecular flexibility index (Phi) is 5.19. The van der Waals surface area contributed by atoms with Crippen LogP contribution in [0.25, 0.3) is 0 Å². The van der Waals surface area contributed by atoms with Crippen LogP contribution in [0, 0.1) is 11.7 Å². The van der Waals surface area contributed by atoms with Gasteiger partial charge in [-0.15, -0.1) is 0 Å². The van der Waals surface area contributed by atoms with Crippen LogP contribution in [0.15, 0.2) is 18.2 Å². The monoisotopic (exact) mass is 245 g/mol. The fraction of sp³-hybridized carbons (Fsp3) is 0.500. The number of hydrogen-bond donors (Lipinski definition) is 2. The van der Waals surface area contributed by atoms with E-state index in [9.17, 15) is 9.50 Å². The van der Waals surface area contributed by atoms with Crippen molar-refractivity contribution < 1.29 is 9.50 Å². The van der Waals surface area contributed by atoms with Crippen LogP contribution >= 0.6 is 11.6 Å². The summed E-state index contributed by atoms with van der Waals surface area (Å²) in [7, 11) is 0. The Morgan fingerprint density at radius 3 is 2.69 bits per heavy atom. The van der Waals surface area contributed by atoms with Gasteiger partial charge in [0.2, 0.25) is 0 Å². The normalized spacial score (nSPS) is 13.1. The second-order valence-electron chi connectivity index (χ2n) is 4.14. The Bertz CT molecular complexity index is 324. The largest absolute Gasteiger partial charge is 0.392 e. The predicted octanol–water partition coefficient (Wildman–Crippen LogP) is 2.59. The average molecular weight is 246 g/mol. The van der Waals surface area contributed by atoms with Gasteiger partial charge < -0.3 is 10.4 Å². The molecule has 0 aliphatic rings. The molecule has 1 unspecified atom stereocenters. The molecular weight excluding hydrogens is 229 g/mol. The van der Waals surface area contributed by atoms with Crippen molar-refractivity contribution >= 4 is 11.6 Å². The van der Waals surface area contributed by atoms with E-state index in [1.54, 1.807) is 12.1 Å². The summed E-state index contributed by atoms with van der Waals surface area (Å²) in [5, 5.41) is 13.0. The predicted molar refractivity (Wildman–Crippen MR) is 64.0 cm³/mol. The van der Waals surface area contributed by atoms with Gasteiger partial charge in [0.25, 0.3) is 0 Å². The standard InChI is InChI=1S/C12H17ClFNO/c1-8(2)12(16)7-15-6-9-10(13)4-3-5-11(9)14/h3-5,8,12,15-16H,6-7H2,1-2H3. The maximum absolute atomic E-state index is 13.3. The van der Waals surface area contributed by atoms with Gasteiger partial charge in [-0.1, -0.05) is 31.5 Å². The Morgan fingerprint density at radius 1 is 1.44 bits per heavy atom. The number of nitrogens with one attached hydrogen (secondary N) is 1. The SMILES string of the molecule is CC(C)C(O)CNCc1c(F)cccc1Cl. The van der Waals surface area contributed by atoms with Crippen molar-refractivity contribution in [1.29, 1.82) is 0 Å². The molecule has 2 nitrogen and oxygen atoms in total. The van der Waals surface area contributed by atoms with E-state index < -0.39 is 6.10 Å². The van der Waals surface area contributed by atoms with Gasteiger partial charge in [-0.3, -0.25) is 0 Å². The second kappa shape index (κ2) is 6.18. The van der Waals surface area contributed by atoms with E-state index in [1.807, 2.05) is 13.8 Å². The summed E-state index contributed by atoms with van der Waals surface area (Å²) in [5.74, 6) is -0.136. The first-order valence-corrected chi connectivity index (χ1v) is 5.72. The summed E-state index contributed by atoms with van der Waals surface area (Å²) in [5.41, 5.74) is 0.445. The van der Waals surface area contributed by atoms with Gasteiger partial charge in [0.05, 0.1) is 6.10 Å². The molecule has 90 valence electrons. The van der Waals surface area contributed by atoms with E-state index in [1.165, 1.54) is 6.07 Å². The van der Waals surface area contributed by atoms with Gasteiger partial charge >= 0.3 is 0 Å². The highest BCUT2D eigenvalue weighted by Gasteiger charge is 2.10. The quantitative estimate of drug-likeness (QED) is 0.836. The highest BCUT2D eigenvalue weighted by molar-refractivity contribution is 6.31. The molecule has 0 aromatic heterocycles. The van der Waals surface area contributed by atoms with E-state index in [-0.39, 0.29) is 11.7 Å². The van der Waals surface area contributed by atoms with Crippen LogP contribution in [0.5, 0.6) is 0 Å². The molecule has 0 aliphatic heterocycles. The average Bonchev–Trinajstić information content (AvgIpc) is 2.22. The molecule has 0 saturated carbocycles. The van der Waals surface area contributed by atoms with Crippen LogP contribution in [0.4, 0.5) is 4.39 Å². The van der Waals surface area contributed by atoms with Crippen molar-refractivity contribution in [1.82, 2.24) is 5.32 Å². The number of hydrogen-bond acceptors (Lipinski definition) is 2. The summed E-state index contributed by atoms with van der Waals surface area (Å²) in [4.78, 5) is 0. The first-order chi connectivity index (χ1) is 7.52. The van der Waals surface area contributed by atoms with Crippen molar-refractivity contribution in [2.75, 3.05) is 6.54 Å². The molecule has 4 heteroatoms. The second-order valence-corrected chi connectivity index (χ2v) is 4.55. The Hall–Kier alpha value is -0.640. The lowest BCUT2D eigenvalue weighted by atomic mass is 10.1. The first kappa shape index (κ1) is 13.4. The van der Waals surface area contributed by atoms with Gasteiger partial charge in [0, 0.05) is 23.7 Å². The number of rotatable bonds is 5. The van der Waals surface area contributed by atoms with E-state index in [2.05, 4.69) is 5.32 Å². The minimum Gasteiger partial charge on any atom is -0.392 e. The Labute approximate surface area is 100 Å². The minimum atomic E-state index is -0.425. The summed E-state index contributed by atoms with van der Waals surface area (Å²) in [6, 6.07) is 4.60. The molecule has 0 fully saturated rings. The van der Waals surface area contributed by atoms with Crippen LogP contribution < -0.4 is 5.32 Å². The molecule has 2 N–H and O–H groups in total. The van der Waals surface area contributed by atoms with Gasteiger partial charge in [-0.2, -0.15) is 0 Å². The van der Waals surface area contributed by atoms with Gasteiger partial charge in [-0.05, 0) is 18.1 Å². The van der Waals surface area contributed by atoms with Gasteiger partial charge in [0.1, 0.15) is 5.82 Å². The summed E-state index contributed by atoms with van der Waals surface area (Å²) >= 11 is 5.86. The molecule has 1 rings (SSSR count). The molecule has 0 amide bonds. The van der Waals surface area contributed by atoms with Crippen LogP contribution in [0.2, 0.25) is 5.02 Å². The first-order valence-electron chi connectivity index (χ1n) is 5.34. The minimum absolute atomic E-state index is 0.184. The molecule has 16 heavy (non-hydrogen) atoms. The molecule has 1 atom stereocenters. The zero-order chi connectivity index (χ0) is 12.1. The third kappa shape index (κ3) is 3.74. The Morgan fingerprint density at radius 2 is 2.12 bits per heavy atom. The van der Waals surface area contributed by atoms with Crippen molar-refractivity contribution in [2.45, 2.75) is 26.5 Å². The summed E-state index contributed by atoms with van der Waals surface area (Å²) in [6.45, 7) is 4.63. The summed E-state index contributed by atoms with van der Waals surface area (Å²) in [6.07, 6.45) is -0.425. The van der Waals surface area contributed by atoms with E-state index in [0.29, 0.717) is 23.7 Å². The van der Waals surface area contributed by atoms with Crippen molar-refractivity contribution in [3.63, 3.8) is 0 Å². The molecule has 0 saturated heterocycles. The highest BCUT2D eigenvalue weighted by atomic mass is 35.5. The Balaban J connectivity index is 2.49. The summed E-state index contributed by atoms with van der Waals surface area (Å²) < 4.78 is 13.3. The smallest absolute Gasteiger partial charge is 0.129 e. The van der Waals surface area contributed by atoms with E-state index >= 15 is 0 Å². The highest BCUT2D eigenvalue weighted by Crippen LogP contribution is 2.18. The maximum Gasteiger partial charge on any atom is 0.129 e. The zero-order valence-electron chi connectivity index (χ0n) is 9.50. The van der Waals surface area contributed by atoms with Gasteiger partial charge in [0.15, 0.2) is 0 Å². The van der Waals surface area contributed by atoms with Crippen molar-refractivity contribution in [2.24, 2.45) is 5.92 Å². The third-order valence-electron chi connectivity index (χ3n) is 2.49. The molecule has 1 aromatic carbocycles. The van der Waals surface area contributed by atoms with Crippen molar-refractivity contribution in [3.8, 4) is 0 Å².